The first-order chi connectivity index (χ1) is 13.8. The molecule has 0 amide bonds. The zero-order valence-corrected chi connectivity index (χ0v) is 15.4. The van der Waals surface area contributed by atoms with Crippen molar-refractivity contribution in [2.75, 3.05) is 32.8 Å². The highest BCUT2D eigenvalue weighted by Crippen LogP contribution is 2.40. The van der Waals surface area contributed by atoms with Crippen LogP contribution in [0.2, 0.25) is 0 Å². The smallest absolute Gasteiger partial charge is 0.379 e. The molecule has 29 heavy (non-hydrogen) atoms. The van der Waals surface area contributed by atoms with Crippen LogP contribution in [-0.2, 0) is 10.3 Å². The average Bonchev–Trinajstić information content (AvgIpc) is 3.12. The first-order valence-corrected chi connectivity index (χ1v) is 9.11. The van der Waals surface area contributed by atoms with Crippen LogP contribution in [0, 0.1) is 5.82 Å². The van der Waals surface area contributed by atoms with Gasteiger partial charge in [-0.3, -0.25) is 4.90 Å². The van der Waals surface area contributed by atoms with E-state index in [1.54, 1.807) is 4.90 Å². The lowest BCUT2D eigenvalue weighted by Gasteiger charge is -2.37. The second-order valence-electron chi connectivity index (χ2n) is 7.05. The van der Waals surface area contributed by atoms with Crippen molar-refractivity contribution in [1.29, 1.82) is 0 Å². The molecular formula is C20H19F4N3O2. The summed E-state index contributed by atoms with van der Waals surface area (Å²) in [7, 11) is 0. The Hall–Kier alpha value is -2.49. The van der Waals surface area contributed by atoms with E-state index in [0.29, 0.717) is 42.9 Å². The molecule has 1 aliphatic heterocycles. The maximum Gasteiger partial charge on any atom is 0.422 e. The lowest BCUT2D eigenvalue weighted by molar-refractivity contribution is -0.273. The van der Waals surface area contributed by atoms with Crippen LogP contribution in [-0.4, -0.2) is 58.8 Å². The van der Waals surface area contributed by atoms with Crippen molar-refractivity contribution in [3.8, 4) is 5.69 Å². The standard InChI is InChI=1S/C20H19F4N3O2/c21-16-2-4-17(5-3-16)27-18-6-1-15(11-14(18)12-25-27)19(28,20(22,23)24)13-26-7-9-29-10-8-26/h1-6,11-12,28H,7-10,13H2. The van der Waals surface area contributed by atoms with Gasteiger partial charge in [0, 0.05) is 25.0 Å². The summed E-state index contributed by atoms with van der Waals surface area (Å²) >= 11 is 0. The summed E-state index contributed by atoms with van der Waals surface area (Å²) in [5.41, 5.74) is -2.14. The first kappa shape index (κ1) is 19.8. The minimum absolute atomic E-state index is 0.248. The number of hydrogen-bond acceptors (Lipinski definition) is 4. The number of fused-ring (bicyclic) bond motifs is 1. The summed E-state index contributed by atoms with van der Waals surface area (Å²) in [6.07, 6.45) is -3.43. The van der Waals surface area contributed by atoms with E-state index < -0.39 is 24.1 Å². The van der Waals surface area contributed by atoms with Gasteiger partial charge in [0.15, 0.2) is 5.60 Å². The monoisotopic (exact) mass is 409 g/mol. The Balaban J connectivity index is 1.72. The van der Waals surface area contributed by atoms with Gasteiger partial charge in [0.1, 0.15) is 5.82 Å². The third-order valence-corrected chi connectivity index (χ3v) is 5.14. The average molecular weight is 409 g/mol. The Kier molecular flexibility index (Phi) is 5.05. The molecule has 0 aliphatic carbocycles. The number of ether oxygens (including phenoxy) is 1. The highest BCUT2D eigenvalue weighted by molar-refractivity contribution is 5.81. The van der Waals surface area contributed by atoms with Gasteiger partial charge in [-0.1, -0.05) is 6.07 Å². The Labute approximate surface area is 164 Å². The van der Waals surface area contributed by atoms with Gasteiger partial charge in [0.05, 0.1) is 30.6 Å². The van der Waals surface area contributed by atoms with E-state index in [1.807, 2.05) is 0 Å². The van der Waals surface area contributed by atoms with E-state index in [9.17, 15) is 22.7 Å². The van der Waals surface area contributed by atoms with E-state index >= 15 is 0 Å². The maximum absolute atomic E-state index is 13.9. The molecule has 1 N–H and O–H groups in total. The molecule has 3 aromatic rings. The largest absolute Gasteiger partial charge is 0.422 e. The van der Waals surface area contributed by atoms with E-state index in [1.165, 1.54) is 53.3 Å². The molecule has 0 bridgehead atoms. The van der Waals surface area contributed by atoms with E-state index in [-0.39, 0.29) is 5.56 Å². The molecule has 1 saturated heterocycles. The second kappa shape index (κ2) is 7.40. The van der Waals surface area contributed by atoms with Gasteiger partial charge in [0.25, 0.3) is 0 Å². The van der Waals surface area contributed by atoms with Crippen molar-refractivity contribution in [3.63, 3.8) is 0 Å². The molecule has 4 rings (SSSR count). The molecule has 1 atom stereocenters. The van der Waals surface area contributed by atoms with E-state index in [0.717, 1.165) is 0 Å². The van der Waals surface area contributed by atoms with Crippen molar-refractivity contribution >= 4 is 10.9 Å². The number of β-amino-alcohol motifs (C(OH)–C–C–N with tert-alkyl or cyclic N) is 1. The Morgan fingerprint density at radius 2 is 1.72 bits per heavy atom. The fraction of sp³-hybridized carbons (Fsp3) is 0.350. The maximum atomic E-state index is 13.9. The fourth-order valence-corrected chi connectivity index (χ4v) is 3.51. The van der Waals surface area contributed by atoms with Gasteiger partial charge in [-0.2, -0.15) is 18.3 Å². The molecule has 9 heteroatoms. The predicted octanol–water partition coefficient (Wildman–Crippen LogP) is 3.25. The van der Waals surface area contributed by atoms with Crippen LogP contribution in [0.25, 0.3) is 16.6 Å². The third kappa shape index (κ3) is 3.73. The quantitative estimate of drug-likeness (QED) is 0.673. The molecule has 0 radical (unpaired) electrons. The second-order valence-corrected chi connectivity index (χ2v) is 7.05. The number of nitrogens with zero attached hydrogens (tertiary/aromatic N) is 3. The van der Waals surface area contributed by atoms with E-state index in [2.05, 4.69) is 5.10 Å². The van der Waals surface area contributed by atoms with E-state index in [4.69, 9.17) is 4.74 Å². The Bertz CT molecular complexity index is 997. The van der Waals surface area contributed by atoms with Gasteiger partial charge in [-0.15, -0.1) is 0 Å². The molecule has 5 nitrogen and oxygen atoms in total. The molecule has 1 aliphatic rings. The molecule has 1 fully saturated rings. The molecule has 2 aromatic carbocycles. The van der Waals surface area contributed by atoms with Gasteiger partial charge >= 0.3 is 6.18 Å². The zero-order chi connectivity index (χ0) is 20.6. The number of benzene rings is 2. The van der Waals surface area contributed by atoms with Crippen LogP contribution in [0.1, 0.15) is 5.56 Å². The lowest BCUT2D eigenvalue weighted by atomic mass is 9.91. The normalized spacial score (nSPS) is 18.1. The Morgan fingerprint density at radius 1 is 1.03 bits per heavy atom. The van der Waals surface area contributed by atoms with Crippen molar-refractivity contribution in [2.24, 2.45) is 0 Å². The summed E-state index contributed by atoms with van der Waals surface area (Å²) in [6.45, 7) is 0.735. The van der Waals surface area contributed by atoms with Gasteiger partial charge in [-0.05, 0) is 42.0 Å². The van der Waals surface area contributed by atoms with Gasteiger partial charge in [-0.25, -0.2) is 9.07 Å². The minimum atomic E-state index is -4.86. The third-order valence-electron chi connectivity index (χ3n) is 5.14. The number of alkyl halides is 3. The number of rotatable bonds is 4. The number of morpholine rings is 1. The SMILES string of the molecule is OC(CN1CCOCC1)(c1ccc2c(cnn2-c2ccc(F)cc2)c1)C(F)(F)F. The number of hydrogen-bond donors (Lipinski definition) is 1. The predicted molar refractivity (Wildman–Crippen MR) is 98.2 cm³/mol. The van der Waals surface area contributed by atoms with Crippen molar-refractivity contribution in [1.82, 2.24) is 14.7 Å². The molecular weight excluding hydrogens is 390 g/mol. The van der Waals surface area contributed by atoms with Crippen LogP contribution in [0.5, 0.6) is 0 Å². The van der Waals surface area contributed by atoms with Crippen LogP contribution in [0.3, 0.4) is 0 Å². The zero-order valence-electron chi connectivity index (χ0n) is 15.4. The fourth-order valence-electron chi connectivity index (χ4n) is 3.51. The molecule has 0 saturated carbocycles. The van der Waals surface area contributed by atoms with Crippen molar-refractivity contribution in [2.45, 2.75) is 11.8 Å². The molecule has 0 spiro atoms. The summed E-state index contributed by atoms with van der Waals surface area (Å²) in [6, 6.07) is 9.66. The Morgan fingerprint density at radius 3 is 2.38 bits per heavy atom. The highest BCUT2D eigenvalue weighted by atomic mass is 19.4. The minimum Gasteiger partial charge on any atom is -0.379 e. The number of aromatic nitrogens is 2. The summed E-state index contributed by atoms with van der Waals surface area (Å²) in [5, 5.41) is 15.4. The molecule has 2 heterocycles. The van der Waals surface area contributed by atoms with Crippen molar-refractivity contribution < 1.29 is 27.4 Å². The summed E-state index contributed by atoms with van der Waals surface area (Å²) in [4.78, 5) is 1.54. The topological polar surface area (TPSA) is 50.5 Å². The van der Waals surface area contributed by atoms with Gasteiger partial charge in [0.2, 0.25) is 0 Å². The molecule has 1 unspecified atom stereocenters. The summed E-state index contributed by atoms with van der Waals surface area (Å²) < 4.78 is 61.5. The van der Waals surface area contributed by atoms with Gasteiger partial charge < -0.3 is 9.84 Å². The number of aliphatic hydroxyl groups is 1. The van der Waals surface area contributed by atoms with Crippen LogP contribution < -0.4 is 0 Å². The summed E-state index contributed by atoms with van der Waals surface area (Å²) in [5.74, 6) is -0.397. The van der Waals surface area contributed by atoms with Crippen LogP contribution in [0.4, 0.5) is 17.6 Å². The first-order valence-electron chi connectivity index (χ1n) is 9.11. The van der Waals surface area contributed by atoms with Crippen LogP contribution >= 0.6 is 0 Å². The highest BCUT2D eigenvalue weighted by Gasteiger charge is 2.55. The lowest BCUT2D eigenvalue weighted by Crippen LogP contribution is -2.53. The molecule has 154 valence electrons. The van der Waals surface area contributed by atoms with Crippen LogP contribution in [0.15, 0.2) is 48.7 Å². The number of halogens is 4. The van der Waals surface area contributed by atoms with Crippen molar-refractivity contribution in [3.05, 3.63) is 60.0 Å². The molecule has 1 aromatic heterocycles.